The second kappa shape index (κ2) is 6.37. The van der Waals surface area contributed by atoms with E-state index in [1.54, 1.807) is 24.6 Å². The number of amides is 1. The molecule has 5 nitrogen and oxygen atoms in total. The minimum absolute atomic E-state index is 0. The molecule has 1 aliphatic rings. The van der Waals surface area contributed by atoms with E-state index in [0.29, 0.717) is 6.61 Å². The van der Waals surface area contributed by atoms with Crippen LogP contribution in [0.4, 0.5) is 0 Å². The Morgan fingerprint density at radius 1 is 1.46 bits per heavy atom. The molecule has 1 saturated heterocycles. The van der Waals surface area contributed by atoms with Gasteiger partial charge >= 0.3 is 0 Å². The van der Waals surface area contributed by atoms with Gasteiger partial charge in [-0.3, -0.25) is 4.79 Å². The second-order valence-corrected chi connectivity index (χ2v) is 7.10. The van der Waals surface area contributed by atoms with Gasteiger partial charge in [0.2, 0.25) is 0 Å². The highest BCUT2D eigenvalue weighted by Crippen LogP contribution is 2.34. The number of nitrogens with zero attached hydrogens (tertiary/aromatic N) is 2. The van der Waals surface area contributed by atoms with Crippen molar-refractivity contribution >= 4 is 28.3 Å². The number of carbonyl (C=O) groups excluding carboxylic acids is 1. The summed E-state index contributed by atoms with van der Waals surface area (Å²) in [7, 11) is 1.69. The molecule has 1 atom stereocenters. The number of H-pyrrole nitrogens is 1. The Bertz CT molecular complexity index is 876. The maximum absolute atomic E-state index is 12.9. The predicted octanol–water partition coefficient (Wildman–Crippen LogP) is 3.79. The van der Waals surface area contributed by atoms with Crippen LogP contribution in [-0.2, 0) is 4.74 Å². The van der Waals surface area contributed by atoms with Crippen LogP contribution in [0.3, 0.4) is 0 Å². The number of thiophene rings is 1. The Morgan fingerprint density at radius 2 is 2.38 bits per heavy atom. The van der Waals surface area contributed by atoms with Crippen molar-refractivity contribution in [1.82, 2.24) is 14.9 Å². The zero-order valence-corrected chi connectivity index (χ0v) is 14.3. The van der Waals surface area contributed by atoms with Gasteiger partial charge < -0.3 is 14.6 Å². The lowest BCUT2D eigenvalue weighted by Gasteiger charge is -2.23. The molecule has 6 heteroatoms. The van der Waals surface area contributed by atoms with Crippen molar-refractivity contribution in [1.29, 1.82) is 0 Å². The zero-order valence-electron chi connectivity index (χ0n) is 13.5. The third-order valence-electron chi connectivity index (χ3n) is 4.54. The number of pyridine rings is 1. The number of fused-ring (bicyclic) bond motifs is 1. The van der Waals surface area contributed by atoms with Gasteiger partial charge in [-0.25, -0.2) is 4.98 Å². The van der Waals surface area contributed by atoms with Gasteiger partial charge in [0.1, 0.15) is 5.65 Å². The summed E-state index contributed by atoms with van der Waals surface area (Å²) < 4.78 is 5.25. The molecule has 4 heterocycles. The maximum atomic E-state index is 12.9. The number of ether oxygens (including phenoxy) is 1. The molecule has 0 aliphatic carbocycles. The standard InChI is InChI=1S/C18H19N3O2S.H2/c1-23-11-12-3-2-10-21(12)18(22)16-5-4-15(24-16)13-6-8-19-17-14(13)7-9-20-17;/h4-9,12H,2-3,10-11H2,1H3,(H,19,20);1H/t12-;/m1./s1. The molecule has 4 rings (SSSR count). The van der Waals surface area contributed by atoms with Crippen molar-refractivity contribution in [3.63, 3.8) is 0 Å². The molecule has 126 valence electrons. The SMILES string of the molecule is COC[C@H]1CCCN1C(=O)c1ccc(-c2ccnc3[nH]ccc23)s1.[HH]. The van der Waals surface area contributed by atoms with Crippen LogP contribution < -0.4 is 0 Å². The van der Waals surface area contributed by atoms with Crippen molar-refractivity contribution in [2.24, 2.45) is 0 Å². The molecule has 0 unspecified atom stereocenters. The van der Waals surface area contributed by atoms with E-state index in [0.717, 1.165) is 45.7 Å². The summed E-state index contributed by atoms with van der Waals surface area (Å²) in [4.78, 5) is 24.1. The van der Waals surface area contributed by atoms with Crippen molar-refractivity contribution in [3.8, 4) is 10.4 Å². The number of rotatable bonds is 4. The van der Waals surface area contributed by atoms with Gasteiger partial charge in [-0.2, -0.15) is 0 Å². The summed E-state index contributed by atoms with van der Waals surface area (Å²) in [5, 5.41) is 1.08. The Labute approximate surface area is 145 Å². The summed E-state index contributed by atoms with van der Waals surface area (Å²) >= 11 is 1.55. The highest BCUT2D eigenvalue weighted by Gasteiger charge is 2.30. The Balaban J connectivity index is 0.00000182. The van der Waals surface area contributed by atoms with Gasteiger partial charge in [0.05, 0.1) is 17.5 Å². The van der Waals surface area contributed by atoms with Crippen LogP contribution in [0.1, 0.15) is 23.9 Å². The topological polar surface area (TPSA) is 58.2 Å². The van der Waals surface area contributed by atoms with Crippen LogP contribution in [0.5, 0.6) is 0 Å². The smallest absolute Gasteiger partial charge is 0.264 e. The zero-order chi connectivity index (χ0) is 16.5. The first-order valence-electron chi connectivity index (χ1n) is 8.10. The molecule has 0 radical (unpaired) electrons. The molecule has 1 fully saturated rings. The van der Waals surface area contributed by atoms with E-state index in [1.807, 2.05) is 35.4 Å². The predicted molar refractivity (Wildman–Crippen MR) is 97.5 cm³/mol. The van der Waals surface area contributed by atoms with Crippen LogP contribution in [0, 0.1) is 0 Å². The molecule has 3 aromatic rings. The number of hydrogen-bond donors (Lipinski definition) is 1. The fraction of sp³-hybridized carbons (Fsp3) is 0.333. The van der Waals surface area contributed by atoms with Gasteiger partial charge in [-0.1, -0.05) is 0 Å². The van der Waals surface area contributed by atoms with Crippen molar-refractivity contribution in [3.05, 3.63) is 41.5 Å². The molecular weight excluding hydrogens is 322 g/mol. The number of methoxy groups -OCH3 is 1. The van der Waals surface area contributed by atoms with Gasteiger partial charge in [0.25, 0.3) is 5.91 Å². The highest BCUT2D eigenvalue weighted by molar-refractivity contribution is 7.17. The quantitative estimate of drug-likeness (QED) is 0.784. The van der Waals surface area contributed by atoms with E-state index in [9.17, 15) is 4.79 Å². The van der Waals surface area contributed by atoms with E-state index in [-0.39, 0.29) is 13.4 Å². The van der Waals surface area contributed by atoms with Gasteiger partial charge in [0.15, 0.2) is 0 Å². The molecule has 0 aromatic carbocycles. The summed E-state index contributed by atoms with van der Waals surface area (Å²) in [6.07, 6.45) is 5.75. The molecule has 3 aromatic heterocycles. The fourth-order valence-corrected chi connectivity index (χ4v) is 4.39. The van der Waals surface area contributed by atoms with Crippen molar-refractivity contribution < 1.29 is 11.0 Å². The lowest BCUT2D eigenvalue weighted by molar-refractivity contribution is 0.0635. The molecule has 0 spiro atoms. The fourth-order valence-electron chi connectivity index (χ4n) is 3.38. The first-order valence-corrected chi connectivity index (χ1v) is 8.92. The van der Waals surface area contributed by atoms with Crippen LogP contribution in [-0.4, -0.2) is 47.1 Å². The lowest BCUT2D eigenvalue weighted by atomic mass is 10.1. The van der Waals surface area contributed by atoms with Gasteiger partial charge in [-0.15, -0.1) is 11.3 Å². The van der Waals surface area contributed by atoms with E-state index >= 15 is 0 Å². The maximum Gasteiger partial charge on any atom is 0.264 e. The first-order chi connectivity index (χ1) is 11.8. The van der Waals surface area contributed by atoms with E-state index in [1.165, 1.54) is 0 Å². The average Bonchev–Trinajstić information content (AvgIpc) is 3.34. The van der Waals surface area contributed by atoms with E-state index in [2.05, 4.69) is 9.97 Å². The molecule has 0 bridgehead atoms. The molecule has 0 saturated carbocycles. The minimum Gasteiger partial charge on any atom is -0.383 e. The molecule has 1 N–H and O–H groups in total. The summed E-state index contributed by atoms with van der Waals surface area (Å²) in [5.41, 5.74) is 1.98. The minimum atomic E-state index is 0. The van der Waals surface area contributed by atoms with Crippen LogP contribution in [0.25, 0.3) is 21.5 Å². The Morgan fingerprint density at radius 3 is 3.25 bits per heavy atom. The summed E-state index contributed by atoms with van der Waals surface area (Å²) in [6, 6.07) is 8.18. The number of nitrogens with one attached hydrogen (secondary N) is 1. The molecule has 1 amide bonds. The average molecular weight is 343 g/mol. The Kier molecular flexibility index (Phi) is 4.08. The van der Waals surface area contributed by atoms with Crippen LogP contribution in [0.2, 0.25) is 0 Å². The van der Waals surface area contributed by atoms with Crippen molar-refractivity contribution in [2.75, 3.05) is 20.3 Å². The molecule has 1 aliphatic heterocycles. The number of likely N-dealkylation sites (tertiary alicyclic amines) is 1. The summed E-state index contributed by atoms with van der Waals surface area (Å²) in [5.74, 6) is 0.116. The first kappa shape index (κ1) is 15.4. The third-order valence-corrected chi connectivity index (χ3v) is 5.65. The monoisotopic (exact) mass is 343 g/mol. The van der Waals surface area contributed by atoms with Gasteiger partial charge in [0, 0.05) is 43.3 Å². The lowest BCUT2D eigenvalue weighted by Crippen LogP contribution is -2.37. The van der Waals surface area contributed by atoms with E-state index < -0.39 is 0 Å². The van der Waals surface area contributed by atoms with Crippen LogP contribution >= 0.6 is 11.3 Å². The van der Waals surface area contributed by atoms with Crippen LogP contribution in [0.15, 0.2) is 36.7 Å². The van der Waals surface area contributed by atoms with Crippen molar-refractivity contribution in [2.45, 2.75) is 18.9 Å². The number of aromatic amines is 1. The summed E-state index contributed by atoms with van der Waals surface area (Å²) in [6.45, 7) is 1.43. The highest BCUT2D eigenvalue weighted by atomic mass is 32.1. The number of aromatic nitrogens is 2. The van der Waals surface area contributed by atoms with Gasteiger partial charge in [-0.05, 0) is 37.1 Å². The molecular formula is C18H21N3O2S. The normalized spacial score (nSPS) is 17.7. The molecule has 24 heavy (non-hydrogen) atoms. The van der Waals surface area contributed by atoms with E-state index in [4.69, 9.17) is 4.74 Å². The second-order valence-electron chi connectivity index (χ2n) is 6.01. The third kappa shape index (κ3) is 2.61. The number of carbonyl (C=O) groups is 1. The largest absolute Gasteiger partial charge is 0.383 e. The number of hydrogen-bond acceptors (Lipinski definition) is 4. The Hall–Kier alpha value is -2.18.